The van der Waals surface area contributed by atoms with Crippen molar-refractivity contribution in [2.24, 2.45) is 0 Å². The van der Waals surface area contributed by atoms with Crippen LogP contribution in [0.2, 0.25) is 0 Å². The Kier molecular flexibility index (Phi) is 4.32. The Hall–Kier alpha value is -3.26. The number of halogens is 1. The Morgan fingerprint density at radius 2 is 1.53 bits per heavy atom. The lowest BCUT2D eigenvalue weighted by Crippen LogP contribution is -2.53. The number of carbonyl (C=O) groups is 2. The van der Waals surface area contributed by atoms with E-state index in [1.807, 2.05) is 18.3 Å². The SMILES string of the molecule is O=C(c1cn2cc(-c3ccc(F)cc3)ccc2n1)N1CCN(C(=O)C2(O)CC2)CC1. The molecule has 7 nitrogen and oxygen atoms in total. The van der Waals surface area contributed by atoms with Crippen LogP contribution in [-0.2, 0) is 4.79 Å². The summed E-state index contributed by atoms with van der Waals surface area (Å²) in [7, 11) is 0. The zero-order valence-electron chi connectivity index (χ0n) is 16.3. The summed E-state index contributed by atoms with van der Waals surface area (Å²) in [5, 5.41) is 10.00. The number of benzene rings is 1. The molecule has 0 unspecified atom stereocenters. The number of aliphatic hydroxyl groups is 1. The van der Waals surface area contributed by atoms with Gasteiger partial charge in [0.05, 0.1) is 0 Å². The molecule has 5 rings (SSSR count). The van der Waals surface area contributed by atoms with E-state index >= 15 is 0 Å². The second-order valence-corrected chi connectivity index (χ2v) is 7.93. The number of hydrogen-bond donors (Lipinski definition) is 1. The van der Waals surface area contributed by atoms with Crippen LogP contribution >= 0.6 is 0 Å². The molecule has 154 valence electrons. The summed E-state index contributed by atoms with van der Waals surface area (Å²) in [6, 6.07) is 9.94. The van der Waals surface area contributed by atoms with E-state index in [1.54, 1.807) is 32.5 Å². The summed E-state index contributed by atoms with van der Waals surface area (Å²) in [5.41, 5.74) is 1.58. The Morgan fingerprint density at radius 3 is 2.20 bits per heavy atom. The molecule has 0 atom stereocenters. The van der Waals surface area contributed by atoms with Crippen molar-refractivity contribution < 1.29 is 19.1 Å². The van der Waals surface area contributed by atoms with Gasteiger partial charge in [-0.15, -0.1) is 0 Å². The zero-order chi connectivity index (χ0) is 20.9. The summed E-state index contributed by atoms with van der Waals surface area (Å²) in [5.74, 6) is -0.696. The molecular formula is C22H21FN4O3. The van der Waals surface area contributed by atoms with Crippen LogP contribution in [0.15, 0.2) is 48.8 Å². The molecule has 0 radical (unpaired) electrons. The summed E-state index contributed by atoms with van der Waals surface area (Å²) in [6.45, 7) is 1.65. The van der Waals surface area contributed by atoms with E-state index in [0.29, 0.717) is 50.4 Å². The molecule has 1 saturated carbocycles. The van der Waals surface area contributed by atoms with Gasteiger partial charge in [-0.3, -0.25) is 9.59 Å². The number of rotatable bonds is 3. The first-order valence-electron chi connectivity index (χ1n) is 9.99. The molecule has 8 heteroatoms. The molecule has 0 bridgehead atoms. The molecule has 3 aromatic rings. The van der Waals surface area contributed by atoms with E-state index in [0.717, 1.165) is 11.1 Å². The standard InChI is InChI=1S/C22H21FN4O3/c23-17-4-1-15(2-5-17)16-3-6-19-24-18(14-27(19)13-16)20(28)25-9-11-26(12-10-25)21(29)22(30)7-8-22/h1-6,13-14,30H,7-12H2. The zero-order valence-corrected chi connectivity index (χ0v) is 16.3. The topological polar surface area (TPSA) is 78.2 Å². The second-order valence-electron chi connectivity index (χ2n) is 7.93. The van der Waals surface area contributed by atoms with Crippen molar-refractivity contribution in [2.75, 3.05) is 26.2 Å². The van der Waals surface area contributed by atoms with Gasteiger partial charge >= 0.3 is 0 Å². The Bertz CT molecular complexity index is 1130. The second kappa shape index (κ2) is 6.91. The number of pyridine rings is 1. The number of fused-ring (bicyclic) bond motifs is 1. The van der Waals surface area contributed by atoms with Crippen molar-refractivity contribution in [3.8, 4) is 11.1 Å². The number of nitrogens with zero attached hydrogens (tertiary/aromatic N) is 4. The van der Waals surface area contributed by atoms with Crippen molar-refractivity contribution >= 4 is 17.5 Å². The highest BCUT2D eigenvalue weighted by molar-refractivity contribution is 5.93. The lowest BCUT2D eigenvalue weighted by Gasteiger charge is -2.35. The van der Waals surface area contributed by atoms with Crippen LogP contribution in [0, 0.1) is 5.82 Å². The maximum atomic E-state index is 13.2. The molecule has 0 spiro atoms. The van der Waals surface area contributed by atoms with Crippen molar-refractivity contribution in [3.05, 3.63) is 60.3 Å². The summed E-state index contributed by atoms with van der Waals surface area (Å²) < 4.78 is 14.9. The first-order chi connectivity index (χ1) is 14.4. The third-order valence-electron chi connectivity index (χ3n) is 5.82. The molecule has 1 saturated heterocycles. The molecule has 1 aliphatic heterocycles. The number of hydrogen-bond acceptors (Lipinski definition) is 4. The molecule has 1 aliphatic carbocycles. The van der Waals surface area contributed by atoms with E-state index < -0.39 is 5.60 Å². The minimum Gasteiger partial charge on any atom is -0.380 e. The quantitative estimate of drug-likeness (QED) is 0.719. The van der Waals surface area contributed by atoms with Crippen molar-refractivity contribution in [3.63, 3.8) is 0 Å². The van der Waals surface area contributed by atoms with E-state index in [4.69, 9.17) is 0 Å². The van der Waals surface area contributed by atoms with Gasteiger partial charge in [-0.05, 0) is 48.2 Å². The number of amides is 2. The molecule has 2 aliphatic rings. The first kappa shape index (κ1) is 18.7. The number of carbonyl (C=O) groups excluding carboxylic acids is 2. The Labute approximate surface area is 172 Å². The van der Waals surface area contributed by atoms with Crippen molar-refractivity contribution in [1.82, 2.24) is 19.2 Å². The van der Waals surface area contributed by atoms with Gasteiger partial charge < -0.3 is 19.3 Å². The van der Waals surface area contributed by atoms with E-state index in [9.17, 15) is 19.1 Å². The fourth-order valence-corrected chi connectivity index (χ4v) is 3.81. The highest BCUT2D eigenvalue weighted by atomic mass is 19.1. The van der Waals surface area contributed by atoms with Crippen LogP contribution in [0.25, 0.3) is 16.8 Å². The van der Waals surface area contributed by atoms with E-state index in [-0.39, 0.29) is 17.6 Å². The average molecular weight is 408 g/mol. The molecule has 1 N–H and O–H groups in total. The van der Waals surface area contributed by atoms with Crippen LogP contribution < -0.4 is 0 Å². The fourth-order valence-electron chi connectivity index (χ4n) is 3.81. The molecule has 2 amide bonds. The number of piperazine rings is 1. The third kappa shape index (κ3) is 3.33. The van der Waals surface area contributed by atoms with Crippen LogP contribution in [0.5, 0.6) is 0 Å². The van der Waals surface area contributed by atoms with E-state index in [2.05, 4.69) is 4.98 Å². The average Bonchev–Trinajstić information content (AvgIpc) is 3.38. The normalized spacial score (nSPS) is 17.9. The molecule has 2 aromatic heterocycles. The van der Waals surface area contributed by atoms with Gasteiger partial charge in [-0.25, -0.2) is 9.37 Å². The Balaban J connectivity index is 1.30. The minimum atomic E-state index is -1.17. The highest BCUT2D eigenvalue weighted by Crippen LogP contribution is 2.37. The van der Waals surface area contributed by atoms with Gasteiger partial charge in [-0.2, -0.15) is 0 Å². The largest absolute Gasteiger partial charge is 0.380 e. The van der Waals surface area contributed by atoms with Crippen LogP contribution in [0.1, 0.15) is 23.3 Å². The summed E-state index contributed by atoms with van der Waals surface area (Å²) >= 11 is 0. The first-order valence-corrected chi connectivity index (χ1v) is 9.99. The smallest absolute Gasteiger partial charge is 0.274 e. The highest BCUT2D eigenvalue weighted by Gasteiger charge is 2.50. The van der Waals surface area contributed by atoms with Gasteiger partial charge in [0.15, 0.2) is 0 Å². The van der Waals surface area contributed by atoms with Crippen LogP contribution in [0.4, 0.5) is 4.39 Å². The molecule has 2 fully saturated rings. The van der Waals surface area contributed by atoms with Crippen molar-refractivity contribution in [1.29, 1.82) is 0 Å². The van der Waals surface area contributed by atoms with Gasteiger partial charge in [0.1, 0.15) is 22.8 Å². The van der Waals surface area contributed by atoms with Crippen molar-refractivity contribution in [2.45, 2.75) is 18.4 Å². The van der Waals surface area contributed by atoms with Gasteiger partial charge in [0.25, 0.3) is 11.8 Å². The predicted molar refractivity (Wildman–Crippen MR) is 107 cm³/mol. The number of aromatic nitrogens is 2. The van der Waals surface area contributed by atoms with Crippen LogP contribution in [-0.4, -0.2) is 67.9 Å². The van der Waals surface area contributed by atoms with Gasteiger partial charge in [0, 0.05) is 38.6 Å². The summed E-state index contributed by atoms with van der Waals surface area (Å²) in [6.07, 6.45) is 4.59. The maximum Gasteiger partial charge on any atom is 0.274 e. The lowest BCUT2D eigenvalue weighted by molar-refractivity contribution is -0.143. The van der Waals surface area contributed by atoms with Gasteiger partial charge in [0.2, 0.25) is 0 Å². The Morgan fingerprint density at radius 1 is 0.900 bits per heavy atom. The van der Waals surface area contributed by atoms with Crippen LogP contribution in [0.3, 0.4) is 0 Å². The molecular weight excluding hydrogens is 387 g/mol. The predicted octanol–water partition coefficient (Wildman–Crippen LogP) is 1.95. The molecule has 1 aromatic carbocycles. The maximum absolute atomic E-state index is 13.2. The molecule has 3 heterocycles. The minimum absolute atomic E-state index is 0.181. The fraction of sp³-hybridized carbons (Fsp3) is 0.318. The lowest BCUT2D eigenvalue weighted by atomic mass is 10.1. The third-order valence-corrected chi connectivity index (χ3v) is 5.82. The van der Waals surface area contributed by atoms with Gasteiger partial charge in [-0.1, -0.05) is 12.1 Å². The monoisotopic (exact) mass is 408 g/mol. The molecule has 30 heavy (non-hydrogen) atoms. The summed E-state index contributed by atoms with van der Waals surface area (Å²) in [4.78, 5) is 32.9. The van der Waals surface area contributed by atoms with E-state index in [1.165, 1.54) is 12.1 Å². The number of imidazole rings is 1.